The van der Waals surface area contributed by atoms with Crippen LogP contribution in [0.1, 0.15) is 11.3 Å². The molecule has 0 atom stereocenters. The number of nitrogens with one attached hydrogen (secondary N) is 1. The van der Waals surface area contributed by atoms with Gasteiger partial charge in [-0.1, -0.05) is 22.3 Å². The summed E-state index contributed by atoms with van der Waals surface area (Å²) in [4.78, 5) is 12.0. The molecule has 3 aromatic rings. The molecule has 0 saturated carbocycles. The van der Waals surface area contributed by atoms with Crippen molar-refractivity contribution in [3.8, 4) is 0 Å². The number of hydrogen-bond acceptors (Lipinski definition) is 2. The van der Waals surface area contributed by atoms with Crippen LogP contribution in [-0.2, 0) is 6.54 Å². The number of benzene rings is 1. The Morgan fingerprint density at radius 2 is 2.30 bits per heavy atom. The van der Waals surface area contributed by atoms with Crippen LogP contribution >= 0.6 is 11.6 Å². The van der Waals surface area contributed by atoms with Crippen molar-refractivity contribution >= 4 is 17.2 Å². The lowest BCUT2D eigenvalue weighted by Gasteiger charge is -2.02. The van der Waals surface area contributed by atoms with Gasteiger partial charge >= 0.3 is 5.65 Å². The lowest BCUT2D eigenvalue weighted by atomic mass is 10.2. The summed E-state index contributed by atoms with van der Waals surface area (Å²) >= 11 is 5.99. The van der Waals surface area contributed by atoms with Gasteiger partial charge in [0, 0.05) is 22.4 Å². The van der Waals surface area contributed by atoms with Gasteiger partial charge < -0.3 is 0 Å². The monoisotopic (exact) mass is 293 g/mol. The molecule has 1 aromatic carbocycles. The molecule has 0 saturated heterocycles. The van der Waals surface area contributed by atoms with Crippen LogP contribution in [0.15, 0.2) is 35.4 Å². The molecule has 0 radical (unpaired) electrons. The number of aryl methyl sites for hydroxylation is 1. The van der Waals surface area contributed by atoms with Crippen molar-refractivity contribution in [1.82, 2.24) is 14.9 Å². The van der Waals surface area contributed by atoms with Crippen molar-refractivity contribution in [2.75, 3.05) is 0 Å². The van der Waals surface area contributed by atoms with Gasteiger partial charge in [-0.15, -0.1) is 4.52 Å². The maximum Gasteiger partial charge on any atom is 0.331 e. The minimum atomic E-state index is -0.422. The van der Waals surface area contributed by atoms with E-state index in [0.717, 1.165) is 5.69 Å². The number of rotatable bonds is 2. The molecule has 0 unspecified atom stereocenters. The molecule has 7 heteroatoms. The molecule has 20 heavy (non-hydrogen) atoms. The standard InChI is InChI=1S/C13H10ClFN4O/c1-8-5-12(20)13-18(16-7-19(13)17-8)6-9-10(14)3-2-4-11(9)15/h2-5,7H,6H2,1H3/p+1. The van der Waals surface area contributed by atoms with E-state index in [0.29, 0.717) is 16.2 Å². The van der Waals surface area contributed by atoms with Crippen LogP contribution in [0.5, 0.6) is 0 Å². The number of fused-ring (bicyclic) bond motifs is 1. The summed E-state index contributed by atoms with van der Waals surface area (Å²) < 4.78 is 16.7. The zero-order valence-corrected chi connectivity index (χ0v) is 11.4. The van der Waals surface area contributed by atoms with Crippen molar-refractivity contribution in [3.05, 3.63) is 62.9 Å². The highest BCUT2D eigenvalue weighted by Crippen LogP contribution is 2.19. The predicted octanol–water partition coefficient (Wildman–Crippen LogP) is 1.46. The molecule has 0 bridgehead atoms. The van der Waals surface area contributed by atoms with E-state index >= 15 is 0 Å². The molecule has 0 aliphatic carbocycles. The maximum atomic E-state index is 13.8. The lowest BCUT2D eigenvalue weighted by molar-refractivity contribution is -0.582. The topological polar surface area (TPSA) is 54.8 Å². The summed E-state index contributed by atoms with van der Waals surface area (Å²) in [5.74, 6) is -0.422. The molecule has 0 fully saturated rings. The minimum Gasteiger partial charge on any atom is -0.282 e. The van der Waals surface area contributed by atoms with Crippen LogP contribution in [0.3, 0.4) is 0 Å². The largest absolute Gasteiger partial charge is 0.331 e. The number of halogens is 2. The maximum absolute atomic E-state index is 13.8. The van der Waals surface area contributed by atoms with Gasteiger partial charge in [0.1, 0.15) is 12.4 Å². The fourth-order valence-electron chi connectivity index (χ4n) is 2.11. The summed E-state index contributed by atoms with van der Waals surface area (Å²) in [5, 5.41) is 7.38. The highest BCUT2D eigenvalue weighted by Gasteiger charge is 2.19. The third kappa shape index (κ3) is 2.08. The number of aromatic nitrogens is 4. The average Bonchev–Trinajstić information content (AvgIpc) is 2.77. The molecule has 0 aliphatic heterocycles. The van der Waals surface area contributed by atoms with Gasteiger partial charge in [0.2, 0.25) is 0 Å². The van der Waals surface area contributed by atoms with E-state index < -0.39 is 5.82 Å². The summed E-state index contributed by atoms with van der Waals surface area (Å²) in [6.45, 7) is 1.87. The Morgan fingerprint density at radius 1 is 1.50 bits per heavy atom. The first-order chi connectivity index (χ1) is 9.56. The van der Waals surface area contributed by atoms with Crippen molar-refractivity contribution in [3.63, 3.8) is 0 Å². The third-order valence-corrected chi connectivity index (χ3v) is 3.37. The van der Waals surface area contributed by atoms with Crippen LogP contribution in [-0.4, -0.2) is 14.9 Å². The molecule has 102 valence electrons. The highest BCUT2D eigenvalue weighted by atomic mass is 35.5. The number of hydrogen-bond donors (Lipinski definition) is 1. The van der Waals surface area contributed by atoms with E-state index in [4.69, 9.17) is 11.6 Å². The second-order valence-corrected chi connectivity index (χ2v) is 4.89. The molecule has 3 rings (SSSR count). The van der Waals surface area contributed by atoms with Crippen LogP contribution in [0.4, 0.5) is 4.39 Å². The number of aromatic amines is 1. The van der Waals surface area contributed by atoms with Gasteiger partial charge in [0.15, 0.2) is 0 Å². The van der Waals surface area contributed by atoms with Crippen molar-refractivity contribution in [1.29, 1.82) is 0 Å². The Kier molecular flexibility index (Phi) is 3.02. The molecule has 0 aliphatic rings. The first-order valence-corrected chi connectivity index (χ1v) is 6.34. The fourth-order valence-corrected chi connectivity index (χ4v) is 2.33. The van der Waals surface area contributed by atoms with Crippen molar-refractivity contribution in [2.45, 2.75) is 13.5 Å². The van der Waals surface area contributed by atoms with Crippen LogP contribution in [0.25, 0.3) is 5.65 Å². The van der Waals surface area contributed by atoms with Gasteiger partial charge in [0.25, 0.3) is 11.8 Å². The zero-order chi connectivity index (χ0) is 14.3. The summed E-state index contributed by atoms with van der Waals surface area (Å²) in [7, 11) is 0. The second-order valence-electron chi connectivity index (χ2n) is 4.49. The van der Waals surface area contributed by atoms with E-state index in [1.165, 1.54) is 33.7 Å². The van der Waals surface area contributed by atoms with Crippen molar-refractivity contribution in [2.24, 2.45) is 0 Å². The first kappa shape index (κ1) is 12.8. The Bertz CT molecular complexity index is 835. The second kappa shape index (κ2) is 4.72. The molecule has 2 aromatic heterocycles. The molecule has 1 N–H and O–H groups in total. The van der Waals surface area contributed by atoms with Gasteiger partial charge in [-0.2, -0.15) is 0 Å². The zero-order valence-electron chi connectivity index (χ0n) is 10.6. The molecular formula is C13H11ClFN4O+. The summed E-state index contributed by atoms with van der Waals surface area (Å²) in [5.41, 5.74) is 1.16. The summed E-state index contributed by atoms with van der Waals surface area (Å²) in [6.07, 6.45) is 1.47. The lowest BCUT2D eigenvalue weighted by Crippen LogP contribution is -2.32. The van der Waals surface area contributed by atoms with Gasteiger partial charge in [0.05, 0.1) is 5.02 Å². The molecule has 5 nitrogen and oxygen atoms in total. The van der Waals surface area contributed by atoms with Crippen LogP contribution in [0, 0.1) is 12.7 Å². The van der Waals surface area contributed by atoms with E-state index in [-0.39, 0.29) is 12.0 Å². The average molecular weight is 294 g/mol. The molecule has 0 amide bonds. The van der Waals surface area contributed by atoms with Gasteiger partial charge in [-0.3, -0.25) is 4.79 Å². The Balaban J connectivity index is 2.15. The number of nitrogens with zero attached hydrogens (tertiary/aromatic N) is 3. The highest BCUT2D eigenvalue weighted by molar-refractivity contribution is 6.31. The van der Waals surface area contributed by atoms with Gasteiger partial charge in [-0.25, -0.2) is 9.49 Å². The summed E-state index contributed by atoms with van der Waals surface area (Å²) in [6, 6.07) is 5.94. The van der Waals surface area contributed by atoms with Crippen LogP contribution < -0.4 is 9.94 Å². The van der Waals surface area contributed by atoms with E-state index in [1.807, 2.05) is 0 Å². The van der Waals surface area contributed by atoms with Crippen LogP contribution in [0.2, 0.25) is 5.02 Å². The third-order valence-electron chi connectivity index (χ3n) is 3.01. The fraction of sp³-hybridized carbons (Fsp3) is 0.154. The Hall–Kier alpha value is -2.21. The van der Waals surface area contributed by atoms with Crippen molar-refractivity contribution < 1.29 is 8.91 Å². The Labute approximate surface area is 118 Å². The van der Waals surface area contributed by atoms with E-state index in [1.54, 1.807) is 13.0 Å². The molecule has 0 spiro atoms. The van der Waals surface area contributed by atoms with Gasteiger partial charge in [-0.05, 0) is 19.1 Å². The SMILES string of the molecule is Cc1cc(=O)c2n(Cc3c(F)cccc3Cl)nc[n+]2[nH]1. The quantitative estimate of drug-likeness (QED) is 0.727. The number of H-pyrrole nitrogens is 1. The smallest absolute Gasteiger partial charge is 0.282 e. The molecular weight excluding hydrogens is 283 g/mol. The normalized spacial score (nSPS) is 11.2. The predicted molar refractivity (Wildman–Crippen MR) is 71.3 cm³/mol. The minimum absolute atomic E-state index is 0.0914. The molecule has 2 heterocycles. The van der Waals surface area contributed by atoms with E-state index in [9.17, 15) is 9.18 Å². The first-order valence-electron chi connectivity index (χ1n) is 5.96. The Morgan fingerprint density at radius 3 is 3.05 bits per heavy atom. The van der Waals surface area contributed by atoms with E-state index in [2.05, 4.69) is 10.2 Å².